The third-order valence-corrected chi connectivity index (χ3v) is 1.15. The molecule has 56 valence electrons. The molecule has 0 heterocycles. The lowest BCUT2D eigenvalue weighted by Gasteiger charge is -2.03. The van der Waals surface area contributed by atoms with Crippen molar-refractivity contribution >= 4 is 11.9 Å². The lowest BCUT2D eigenvalue weighted by Crippen LogP contribution is -2.32. The molecular formula is C6H9NO3. The lowest BCUT2D eigenvalue weighted by molar-refractivity contribution is -0.137. The van der Waals surface area contributed by atoms with Crippen LogP contribution in [0.15, 0.2) is 5.57 Å². The summed E-state index contributed by atoms with van der Waals surface area (Å²) < 4.78 is 0. The van der Waals surface area contributed by atoms with E-state index in [9.17, 15) is 9.59 Å². The predicted octanol–water partition coefficient (Wildman–Crippen LogP) is -0.434. The van der Waals surface area contributed by atoms with Crippen LogP contribution in [0.3, 0.4) is 0 Å². The molecule has 0 aliphatic rings. The number of carbonyl (C=O) groups excluding carboxylic acids is 1. The Bertz CT molecular complexity index is 181. The average molecular weight is 143 g/mol. The minimum absolute atomic E-state index is 0.0903. The second-order valence-electron chi connectivity index (χ2n) is 1.80. The van der Waals surface area contributed by atoms with Gasteiger partial charge in [0.1, 0.15) is 12.0 Å². The molecule has 0 aliphatic heterocycles. The largest absolute Gasteiger partial charge is 0.480 e. The summed E-state index contributed by atoms with van der Waals surface area (Å²) in [7, 11) is 0. The zero-order chi connectivity index (χ0) is 8.15. The van der Waals surface area contributed by atoms with Crippen molar-refractivity contribution in [2.24, 2.45) is 5.73 Å². The number of carbonyl (C=O) groups is 1. The fourth-order valence-electron chi connectivity index (χ4n) is 0.505. The monoisotopic (exact) mass is 143 g/mol. The van der Waals surface area contributed by atoms with E-state index in [1.54, 1.807) is 6.92 Å². The van der Waals surface area contributed by atoms with Crippen LogP contribution < -0.4 is 5.73 Å². The molecule has 0 amide bonds. The van der Waals surface area contributed by atoms with Crippen molar-refractivity contribution in [2.75, 3.05) is 0 Å². The predicted molar refractivity (Wildman–Crippen MR) is 35.1 cm³/mol. The minimum Gasteiger partial charge on any atom is -0.480 e. The van der Waals surface area contributed by atoms with E-state index in [0.29, 0.717) is 6.42 Å². The summed E-state index contributed by atoms with van der Waals surface area (Å²) in [4.78, 5) is 20.1. The smallest absolute Gasteiger partial charge is 0.325 e. The molecule has 0 spiro atoms. The topological polar surface area (TPSA) is 80.4 Å². The Morgan fingerprint density at radius 1 is 1.80 bits per heavy atom. The van der Waals surface area contributed by atoms with Crippen molar-refractivity contribution in [2.45, 2.75) is 19.4 Å². The number of rotatable bonds is 3. The van der Waals surface area contributed by atoms with Gasteiger partial charge in [-0.05, 0) is 6.42 Å². The molecule has 0 aromatic rings. The Morgan fingerprint density at radius 2 is 2.30 bits per heavy atom. The second-order valence-corrected chi connectivity index (χ2v) is 1.80. The van der Waals surface area contributed by atoms with Crippen LogP contribution in [-0.4, -0.2) is 23.1 Å². The Hall–Kier alpha value is -1.12. The van der Waals surface area contributed by atoms with Crippen LogP contribution in [0.25, 0.3) is 0 Å². The molecule has 0 aromatic heterocycles. The highest BCUT2D eigenvalue weighted by Crippen LogP contribution is 1.99. The van der Waals surface area contributed by atoms with Crippen molar-refractivity contribution in [3.63, 3.8) is 0 Å². The first-order valence-electron chi connectivity index (χ1n) is 2.85. The number of carboxylic acid groups (broad SMARTS) is 1. The fraction of sp³-hybridized carbons (Fsp3) is 0.500. The zero-order valence-electron chi connectivity index (χ0n) is 5.63. The first kappa shape index (κ1) is 8.88. The maximum atomic E-state index is 10.1. The molecule has 4 nitrogen and oxygen atoms in total. The van der Waals surface area contributed by atoms with E-state index in [2.05, 4.69) is 0 Å². The molecule has 1 unspecified atom stereocenters. The Kier molecular flexibility index (Phi) is 3.39. The normalized spacial score (nSPS) is 11.8. The minimum atomic E-state index is -1.19. The molecule has 10 heavy (non-hydrogen) atoms. The highest BCUT2D eigenvalue weighted by Gasteiger charge is 2.15. The Labute approximate surface area is 58.3 Å². The van der Waals surface area contributed by atoms with Gasteiger partial charge in [0, 0.05) is 5.57 Å². The molecule has 0 bridgehead atoms. The van der Waals surface area contributed by atoms with Gasteiger partial charge in [0.2, 0.25) is 0 Å². The molecule has 0 aromatic carbocycles. The zero-order valence-corrected chi connectivity index (χ0v) is 5.63. The van der Waals surface area contributed by atoms with Gasteiger partial charge in [0.25, 0.3) is 0 Å². The van der Waals surface area contributed by atoms with E-state index in [1.165, 1.54) is 5.94 Å². The highest BCUT2D eigenvalue weighted by atomic mass is 16.4. The summed E-state index contributed by atoms with van der Waals surface area (Å²) >= 11 is 0. The Balaban J connectivity index is 4.32. The number of hydrogen-bond acceptors (Lipinski definition) is 3. The summed E-state index contributed by atoms with van der Waals surface area (Å²) in [5, 5.41) is 8.29. The summed E-state index contributed by atoms with van der Waals surface area (Å²) in [6.07, 6.45) is 0.330. The van der Waals surface area contributed by atoms with Gasteiger partial charge in [-0.25, -0.2) is 4.79 Å². The molecule has 0 saturated carbocycles. The first-order valence-corrected chi connectivity index (χ1v) is 2.85. The summed E-state index contributed by atoms with van der Waals surface area (Å²) in [5.41, 5.74) is 5.17. The second kappa shape index (κ2) is 3.82. The lowest BCUT2D eigenvalue weighted by atomic mass is 10.1. The van der Waals surface area contributed by atoms with E-state index in [0.717, 1.165) is 0 Å². The van der Waals surface area contributed by atoms with Gasteiger partial charge in [0.05, 0.1) is 0 Å². The fourth-order valence-corrected chi connectivity index (χ4v) is 0.505. The number of aliphatic carboxylic acids is 1. The SMILES string of the molecule is CCC(=C=O)C(N)C(=O)O. The molecule has 0 rings (SSSR count). The standard InChI is InChI=1S/C6H9NO3/c1-2-4(3-8)5(7)6(9)10/h5H,2,7H2,1H3,(H,9,10). The van der Waals surface area contributed by atoms with Crippen molar-refractivity contribution in [3.8, 4) is 0 Å². The van der Waals surface area contributed by atoms with Crippen molar-refractivity contribution in [1.29, 1.82) is 0 Å². The summed E-state index contributed by atoms with van der Waals surface area (Å²) in [6, 6.07) is -1.19. The molecule has 1 atom stereocenters. The van der Waals surface area contributed by atoms with E-state index in [4.69, 9.17) is 10.8 Å². The van der Waals surface area contributed by atoms with Crippen LogP contribution in [0, 0.1) is 0 Å². The van der Waals surface area contributed by atoms with E-state index in [-0.39, 0.29) is 5.57 Å². The van der Waals surface area contributed by atoms with Crippen molar-refractivity contribution in [1.82, 2.24) is 0 Å². The Morgan fingerprint density at radius 3 is 2.40 bits per heavy atom. The van der Waals surface area contributed by atoms with E-state index < -0.39 is 12.0 Å². The summed E-state index contributed by atoms with van der Waals surface area (Å²) in [5.74, 6) is 0.299. The third kappa shape index (κ3) is 2.01. The number of carboxylic acids is 1. The van der Waals surface area contributed by atoms with Gasteiger partial charge in [-0.2, -0.15) is 0 Å². The van der Waals surface area contributed by atoms with Crippen LogP contribution >= 0.6 is 0 Å². The van der Waals surface area contributed by atoms with Crippen LogP contribution in [0.4, 0.5) is 0 Å². The third-order valence-electron chi connectivity index (χ3n) is 1.15. The van der Waals surface area contributed by atoms with Gasteiger partial charge in [0.15, 0.2) is 0 Å². The molecule has 3 N–H and O–H groups in total. The van der Waals surface area contributed by atoms with Crippen LogP contribution in [0.5, 0.6) is 0 Å². The first-order chi connectivity index (χ1) is 4.63. The maximum Gasteiger partial charge on any atom is 0.325 e. The van der Waals surface area contributed by atoms with Crippen LogP contribution in [0.1, 0.15) is 13.3 Å². The molecule has 0 radical (unpaired) electrons. The number of nitrogens with two attached hydrogens (primary N) is 1. The van der Waals surface area contributed by atoms with E-state index >= 15 is 0 Å². The molecular weight excluding hydrogens is 134 g/mol. The van der Waals surface area contributed by atoms with Gasteiger partial charge >= 0.3 is 5.97 Å². The molecule has 0 saturated heterocycles. The average Bonchev–Trinajstić information content (AvgIpc) is 1.90. The quantitative estimate of drug-likeness (QED) is 0.525. The highest BCUT2D eigenvalue weighted by molar-refractivity contribution is 5.80. The summed E-state index contributed by atoms with van der Waals surface area (Å²) in [6.45, 7) is 1.66. The van der Waals surface area contributed by atoms with Crippen LogP contribution in [-0.2, 0) is 9.59 Å². The van der Waals surface area contributed by atoms with Gasteiger partial charge in [-0.15, -0.1) is 0 Å². The van der Waals surface area contributed by atoms with Crippen LogP contribution in [0.2, 0.25) is 0 Å². The molecule has 0 fully saturated rings. The van der Waals surface area contributed by atoms with Crippen molar-refractivity contribution < 1.29 is 14.7 Å². The molecule has 4 heteroatoms. The number of hydrogen-bond donors (Lipinski definition) is 2. The molecule has 0 aliphatic carbocycles. The van der Waals surface area contributed by atoms with E-state index in [1.807, 2.05) is 0 Å². The van der Waals surface area contributed by atoms with Crippen molar-refractivity contribution in [3.05, 3.63) is 5.57 Å². The van der Waals surface area contributed by atoms with Gasteiger partial charge in [-0.1, -0.05) is 6.92 Å². The van der Waals surface area contributed by atoms with Gasteiger partial charge in [-0.3, -0.25) is 4.79 Å². The van der Waals surface area contributed by atoms with Gasteiger partial charge < -0.3 is 10.8 Å². The maximum absolute atomic E-state index is 10.1.